The van der Waals surface area contributed by atoms with Gasteiger partial charge in [-0.2, -0.15) is 0 Å². The molecular formula is C9H5BrIN. The van der Waals surface area contributed by atoms with Crippen LogP contribution in [0.1, 0.15) is 0 Å². The summed E-state index contributed by atoms with van der Waals surface area (Å²) >= 11 is 5.75. The second-order valence-corrected chi connectivity index (χ2v) is 4.56. The summed E-state index contributed by atoms with van der Waals surface area (Å²) in [7, 11) is 0. The smallest absolute Gasteiger partial charge is 0.0714 e. The molecule has 2 rings (SSSR count). The molecule has 0 fully saturated rings. The maximum Gasteiger partial charge on any atom is 0.0714 e. The largest absolute Gasteiger partial charge is 0.255 e. The second kappa shape index (κ2) is 3.30. The predicted octanol–water partition coefficient (Wildman–Crippen LogP) is 3.60. The van der Waals surface area contributed by atoms with E-state index < -0.39 is 0 Å². The molecular weight excluding hydrogens is 329 g/mol. The Morgan fingerprint density at radius 3 is 3.00 bits per heavy atom. The Morgan fingerprint density at radius 2 is 2.17 bits per heavy atom. The molecule has 1 heterocycles. The minimum absolute atomic E-state index is 1.03. The highest BCUT2D eigenvalue weighted by Crippen LogP contribution is 2.23. The van der Waals surface area contributed by atoms with Crippen LogP contribution in [-0.4, -0.2) is 4.98 Å². The van der Waals surface area contributed by atoms with Crippen molar-refractivity contribution in [3.63, 3.8) is 0 Å². The fourth-order valence-corrected chi connectivity index (χ4v) is 2.01. The zero-order valence-electron chi connectivity index (χ0n) is 6.09. The van der Waals surface area contributed by atoms with E-state index in [4.69, 9.17) is 0 Å². The molecule has 0 saturated carbocycles. The number of fused-ring (bicyclic) bond motifs is 1. The summed E-state index contributed by atoms with van der Waals surface area (Å²) in [5.74, 6) is 0. The lowest BCUT2D eigenvalue weighted by Crippen LogP contribution is -1.80. The maximum absolute atomic E-state index is 4.30. The van der Waals surface area contributed by atoms with Gasteiger partial charge in [0, 0.05) is 19.6 Å². The van der Waals surface area contributed by atoms with E-state index >= 15 is 0 Å². The lowest BCUT2D eigenvalue weighted by atomic mass is 10.2. The van der Waals surface area contributed by atoms with E-state index in [1.54, 1.807) is 0 Å². The van der Waals surface area contributed by atoms with Crippen molar-refractivity contribution in [2.24, 2.45) is 0 Å². The normalized spacial score (nSPS) is 10.5. The van der Waals surface area contributed by atoms with Crippen LogP contribution in [0.4, 0.5) is 0 Å². The molecule has 2 aromatic rings. The van der Waals surface area contributed by atoms with Crippen molar-refractivity contribution in [1.82, 2.24) is 4.98 Å². The zero-order chi connectivity index (χ0) is 8.55. The van der Waals surface area contributed by atoms with E-state index in [9.17, 15) is 0 Å². The molecule has 0 spiro atoms. The fraction of sp³-hybridized carbons (Fsp3) is 0. The highest BCUT2D eigenvalue weighted by molar-refractivity contribution is 14.1. The lowest BCUT2D eigenvalue weighted by molar-refractivity contribution is 1.38. The van der Waals surface area contributed by atoms with Gasteiger partial charge in [0.2, 0.25) is 0 Å². The number of benzene rings is 1. The minimum Gasteiger partial charge on any atom is -0.255 e. The van der Waals surface area contributed by atoms with Crippen LogP contribution in [0.25, 0.3) is 10.9 Å². The molecule has 3 heteroatoms. The highest BCUT2D eigenvalue weighted by atomic mass is 127. The fourth-order valence-electron chi connectivity index (χ4n) is 1.09. The Hall–Kier alpha value is -0.160. The summed E-state index contributed by atoms with van der Waals surface area (Å²) in [4.78, 5) is 4.30. The molecule has 0 N–H and O–H groups in total. The van der Waals surface area contributed by atoms with Crippen molar-refractivity contribution in [2.75, 3.05) is 0 Å². The van der Waals surface area contributed by atoms with Crippen LogP contribution in [0.2, 0.25) is 0 Å². The number of hydrogen-bond donors (Lipinski definition) is 0. The third-order valence-corrected chi connectivity index (χ3v) is 2.92. The topological polar surface area (TPSA) is 12.9 Å². The highest BCUT2D eigenvalue weighted by Gasteiger charge is 1.98. The Balaban J connectivity index is 2.88. The van der Waals surface area contributed by atoms with Gasteiger partial charge in [0.05, 0.1) is 5.52 Å². The minimum atomic E-state index is 1.03. The average Bonchev–Trinajstić information content (AvgIpc) is 2.07. The molecule has 1 nitrogen and oxygen atoms in total. The van der Waals surface area contributed by atoms with Crippen LogP contribution in [0.5, 0.6) is 0 Å². The van der Waals surface area contributed by atoms with Gasteiger partial charge in [-0.05, 0) is 40.8 Å². The van der Waals surface area contributed by atoms with E-state index in [0.717, 1.165) is 13.6 Å². The number of rotatable bonds is 0. The number of aromatic nitrogens is 1. The van der Waals surface area contributed by atoms with Crippen molar-refractivity contribution in [3.05, 3.63) is 38.5 Å². The van der Waals surface area contributed by atoms with Crippen LogP contribution in [0.15, 0.2) is 34.9 Å². The average molecular weight is 334 g/mol. The molecule has 12 heavy (non-hydrogen) atoms. The van der Waals surface area contributed by atoms with Gasteiger partial charge in [-0.3, -0.25) is 4.98 Å². The Morgan fingerprint density at radius 1 is 1.33 bits per heavy atom. The SMILES string of the molecule is Brc1cccc2ncc(I)cc12. The van der Waals surface area contributed by atoms with Crippen molar-refractivity contribution in [3.8, 4) is 0 Å². The van der Waals surface area contributed by atoms with Crippen molar-refractivity contribution >= 4 is 49.4 Å². The standard InChI is InChI=1S/C9H5BrIN/c10-8-2-1-3-9-7(8)4-6(11)5-12-9/h1-5H. The molecule has 1 aromatic carbocycles. The van der Waals surface area contributed by atoms with Crippen LogP contribution >= 0.6 is 38.5 Å². The first kappa shape index (κ1) is 8.44. The van der Waals surface area contributed by atoms with Gasteiger partial charge >= 0.3 is 0 Å². The summed E-state index contributed by atoms with van der Waals surface area (Å²) in [6.07, 6.45) is 1.87. The first-order valence-electron chi connectivity index (χ1n) is 3.47. The molecule has 0 atom stereocenters. The summed E-state index contributed by atoms with van der Waals surface area (Å²) in [6, 6.07) is 8.15. The van der Waals surface area contributed by atoms with Gasteiger partial charge in [-0.1, -0.05) is 22.0 Å². The molecule has 0 aliphatic heterocycles. The van der Waals surface area contributed by atoms with Gasteiger partial charge in [-0.25, -0.2) is 0 Å². The summed E-state index contributed by atoms with van der Waals surface area (Å²) in [5, 5.41) is 1.17. The van der Waals surface area contributed by atoms with E-state index in [-0.39, 0.29) is 0 Å². The number of halogens is 2. The van der Waals surface area contributed by atoms with Gasteiger partial charge < -0.3 is 0 Å². The number of hydrogen-bond acceptors (Lipinski definition) is 1. The van der Waals surface area contributed by atoms with Crippen molar-refractivity contribution in [2.45, 2.75) is 0 Å². The van der Waals surface area contributed by atoms with E-state index in [0.29, 0.717) is 0 Å². The van der Waals surface area contributed by atoms with Gasteiger partial charge in [-0.15, -0.1) is 0 Å². The predicted molar refractivity (Wildman–Crippen MR) is 62.2 cm³/mol. The van der Waals surface area contributed by atoms with E-state index in [2.05, 4.69) is 49.6 Å². The Kier molecular flexibility index (Phi) is 2.32. The molecule has 1 aromatic heterocycles. The Labute approximate surface area is 92.5 Å². The monoisotopic (exact) mass is 333 g/mol. The molecule has 0 aliphatic carbocycles. The molecule has 60 valence electrons. The van der Waals surface area contributed by atoms with Crippen LogP contribution in [0.3, 0.4) is 0 Å². The molecule has 0 radical (unpaired) electrons. The Bertz CT molecular complexity index is 428. The maximum atomic E-state index is 4.30. The first-order chi connectivity index (χ1) is 5.77. The number of nitrogens with zero attached hydrogens (tertiary/aromatic N) is 1. The van der Waals surface area contributed by atoms with Crippen LogP contribution < -0.4 is 0 Å². The zero-order valence-corrected chi connectivity index (χ0v) is 9.83. The van der Waals surface area contributed by atoms with E-state index in [1.807, 2.05) is 24.4 Å². The third kappa shape index (κ3) is 1.47. The van der Waals surface area contributed by atoms with E-state index in [1.165, 1.54) is 5.39 Å². The van der Waals surface area contributed by atoms with Crippen molar-refractivity contribution < 1.29 is 0 Å². The first-order valence-corrected chi connectivity index (χ1v) is 5.34. The second-order valence-electron chi connectivity index (χ2n) is 2.46. The molecule has 0 saturated heterocycles. The summed E-state index contributed by atoms with van der Waals surface area (Å²) in [6.45, 7) is 0. The molecule has 0 bridgehead atoms. The summed E-state index contributed by atoms with van der Waals surface area (Å²) < 4.78 is 2.26. The van der Waals surface area contributed by atoms with Gasteiger partial charge in [0.25, 0.3) is 0 Å². The third-order valence-electron chi connectivity index (χ3n) is 1.64. The van der Waals surface area contributed by atoms with Gasteiger partial charge in [0.1, 0.15) is 0 Å². The quantitative estimate of drug-likeness (QED) is 0.671. The van der Waals surface area contributed by atoms with Crippen molar-refractivity contribution in [1.29, 1.82) is 0 Å². The lowest BCUT2D eigenvalue weighted by Gasteiger charge is -1.98. The molecule has 0 aliphatic rings. The van der Waals surface area contributed by atoms with Crippen LogP contribution in [-0.2, 0) is 0 Å². The molecule has 0 amide bonds. The number of pyridine rings is 1. The molecule has 0 unspecified atom stereocenters. The van der Waals surface area contributed by atoms with Crippen LogP contribution in [0, 0.1) is 3.57 Å². The van der Waals surface area contributed by atoms with Gasteiger partial charge in [0.15, 0.2) is 0 Å². The summed E-state index contributed by atoms with van der Waals surface area (Å²) in [5.41, 5.74) is 1.03.